The predicted molar refractivity (Wildman–Crippen MR) is 266 cm³/mol. The van der Waals surface area contributed by atoms with E-state index in [9.17, 15) is 0 Å². The third-order valence-corrected chi connectivity index (χ3v) is 15.6. The number of rotatable bonds is 7. The van der Waals surface area contributed by atoms with E-state index in [1.54, 1.807) is 0 Å². The van der Waals surface area contributed by atoms with Crippen LogP contribution >= 0.6 is 0 Å². The minimum Gasteiger partial charge on any atom is -0.0642 e. The summed E-state index contributed by atoms with van der Waals surface area (Å²) in [5, 5.41) is 10.3. The first-order valence-corrected chi connectivity index (χ1v) is 22.9. The van der Waals surface area contributed by atoms with Gasteiger partial charge in [-0.05, 0) is 189 Å². The normalized spacial score (nSPS) is 14.3. The van der Waals surface area contributed by atoms with E-state index in [0.29, 0.717) is 0 Å². The van der Waals surface area contributed by atoms with Gasteiger partial charge in [-0.3, -0.25) is 0 Å². The van der Waals surface area contributed by atoms with Crippen LogP contribution in [0.4, 0.5) is 0 Å². The first-order chi connectivity index (χ1) is 30.5. The lowest BCUT2D eigenvalue weighted by atomic mass is 9.71. The summed E-state index contributed by atoms with van der Waals surface area (Å²) in [5.41, 5.74) is 19.2. The topological polar surface area (TPSA) is 0 Å². The summed E-state index contributed by atoms with van der Waals surface area (Å²) in [4.78, 5) is 0. The number of fused-ring (bicyclic) bond motifs is 10. The molecule has 0 nitrogen and oxygen atoms in total. The minimum atomic E-state index is -0.114. The summed E-state index contributed by atoms with van der Waals surface area (Å²) in [5.74, 6) is 0. The van der Waals surface area contributed by atoms with Crippen molar-refractivity contribution in [3.63, 3.8) is 0 Å². The zero-order valence-electron chi connectivity index (χ0n) is 36.1. The molecule has 0 heteroatoms. The Balaban J connectivity index is 1.24. The van der Waals surface area contributed by atoms with Gasteiger partial charge >= 0.3 is 0 Å². The highest BCUT2D eigenvalue weighted by Crippen LogP contribution is 2.61. The molecule has 2 aliphatic carbocycles. The Hall–Kier alpha value is -6.76. The van der Waals surface area contributed by atoms with Crippen LogP contribution in [-0.2, 0) is 10.8 Å². The van der Waals surface area contributed by atoms with Gasteiger partial charge in [0.15, 0.2) is 0 Å². The van der Waals surface area contributed by atoms with E-state index < -0.39 is 0 Å². The molecule has 0 radical (unpaired) electrons. The molecule has 0 saturated carbocycles. The lowest BCUT2D eigenvalue weighted by Gasteiger charge is -2.32. The molecule has 0 heterocycles. The van der Waals surface area contributed by atoms with E-state index in [2.05, 4.69) is 210 Å². The maximum absolute atomic E-state index is 2.66. The smallest absolute Gasteiger partial charge is 0.0210 e. The van der Waals surface area contributed by atoms with Gasteiger partial charge in [-0.1, -0.05) is 167 Å². The van der Waals surface area contributed by atoms with Crippen LogP contribution in [0.2, 0.25) is 0 Å². The van der Waals surface area contributed by atoms with Crippen LogP contribution in [0, 0.1) is 0 Å². The van der Waals surface area contributed by atoms with Crippen molar-refractivity contribution in [1.29, 1.82) is 0 Å². The van der Waals surface area contributed by atoms with Gasteiger partial charge in [0.05, 0.1) is 0 Å². The van der Waals surface area contributed by atoms with Crippen LogP contribution < -0.4 is 0 Å². The molecule has 2 aliphatic rings. The lowest BCUT2D eigenvalue weighted by molar-refractivity contribution is 0.485. The Labute approximate surface area is 365 Å². The Bertz CT molecular complexity index is 3450. The molecular formula is C62H50. The van der Waals surface area contributed by atoms with E-state index in [0.717, 1.165) is 25.7 Å². The molecule has 0 amide bonds. The quantitative estimate of drug-likeness (QED) is 0.141. The molecule has 0 spiro atoms. The second-order valence-corrected chi connectivity index (χ2v) is 18.0. The minimum absolute atomic E-state index is 0.00776. The van der Waals surface area contributed by atoms with Crippen molar-refractivity contribution in [2.75, 3.05) is 0 Å². The Kier molecular flexibility index (Phi) is 8.29. The van der Waals surface area contributed by atoms with Crippen LogP contribution in [0.1, 0.15) is 75.6 Å². The summed E-state index contributed by atoms with van der Waals surface area (Å²) >= 11 is 0. The van der Waals surface area contributed by atoms with Gasteiger partial charge in [-0.2, -0.15) is 0 Å². The molecule has 0 aliphatic heterocycles. The molecule has 62 heavy (non-hydrogen) atoms. The number of hydrogen-bond acceptors (Lipinski definition) is 0. The van der Waals surface area contributed by atoms with Crippen molar-refractivity contribution in [1.82, 2.24) is 0 Å². The summed E-state index contributed by atoms with van der Waals surface area (Å²) in [7, 11) is 0. The first kappa shape index (κ1) is 37.0. The van der Waals surface area contributed by atoms with E-state index in [1.165, 1.54) is 121 Å². The zero-order valence-corrected chi connectivity index (χ0v) is 36.1. The molecule has 0 atom stereocenters. The fraction of sp³-hybridized carbons (Fsp3) is 0.161. The lowest BCUT2D eigenvalue weighted by Crippen LogP contribution is -2.24. The fourth-order valence-corrected chi connectivity index (χ4v) is 12.3. The van der Waals surface area contributed by atoms with Crippen molar-refractivity contribution < 1.29 is 0 Å². The average Bonchev–Trinajstić information content (AvgIpc) is 3.77. The molecule has 0 unspecified atom stereocenters. The maximum atomic E-state index is 2.66. The van der Waals surface area contributed by atoms with Gasteiger partial charge in [0.1, 0.15) is 0 Å². The third-order valence-electron chi connectivity index (χ3n) is 15.6. The highest BCUT2D eigenvalue weighted by molar-refractivity contribution is 6.23. The van der Waals surface area contributed by atoms with Gasteiger partial charge in [0, 0.05) is 10.8 Å². The van der Waals surface area contributed by atoms with Crippen LogP contribution in [0.15, 0.2) is 182 Å². The molecule has 10 aromatic rings. The van der Waals surface area contributed by atoms with Crippen molar-refractivity contribution in [3.05, 3.63) is 204 Å². The molecule has 0 saturated heterocycles. The van der Waals surface area contributed by atoms with Crippen LogP contribution in [0.25, 0.3) is 98.7 Å². The first-order valence-electron chi connectivity index (χ1n) is 22.9. The molecule has 0 N–H and O–H groups in total. The summed E-state index contributed by atoms with van der Waals surface area (Å²) in [6.07, 6.45) is 4.25. The van der Waals surface area contributed by atoms with Gasteiger partial charge < -0.3 is 0 Å². The van der Waals surface area contributed by atoms with E-state index >= 15 is 0 Å². The molecule has 298 valence electrons. The van der Waals surface area contributed by atoms with Gasteiger partial charge in [0.2, 0.25) is 0 Å². The molecular weight excluding hydrogens is 745 g/mol. The number of benzene rings is 10. The Morgan fingerprint density at radius 3 is 1.35 bits per heavy atom. The van der Waals surface area contributed by atoms with Gasteiger partial charge in [-0.25, -0.2) is 0 Å². The fourth-order valence-electron chi connectivity index (χ4n) is 12.3. The van der Waals surface area contributed by atoms with E-state index in [4.69, 9.17) is 0 Å². The van der Waals surface area contributed by atoms with Gasteiger partial charge in [0.25, 0.3) is 0 Å². The maximum Gasteiger partial charge on any atom is 0.0210 e. The standard InChI is InChI=1S/C62H50/c1-5-61(6-2)55-25-17-16-24-47(55)50-36-57-51(37-56(50)61)49-35-53-54(38-58(49)62(57,7-3)8-4)60(46-29-27-41-21-13-15-23-43(41)33-46)52-34-44(39-18-10-9-11-19-39)30-31-48(52)59(53)45-28-26-40-20-12-14-22-42(40)32-45/h9-38H,5-8H2,1-4H3. The molecule has 0 fully saturated rings. The van der Waals surface area contributed by atoms with Crippen molar-refractivity contribution >= 4 is 43.1 Å². The largest absolute Gasteiger partial charge is 0.0642 e. The molecule has 10 aromatic carbocycles. The Morgan fingerprint density at radius 1 is 0.274 bits per heavy atom. The number of hydrogen-bond donors (Lipinski definition) is 0. The Morgan fingerprint density at radius 2 is 0.726 bits per heavy atom. The van der Waals surface area contributed by atoms with Crippen LogP contribution in [0.3, 0.4) is 0 Å². The van der Waals surface area contributed by atoms with Gasteiger partial charge in [-0.15, -0.1) is 0 Å². The predicted octanol–water partition coefficient (Wildman–Crippen LogP) is 17.5. The third kappa shape index (κ3) is 5.07. The van der Waals surface area contributed by atoms with Crippen LogP contribution in [-0.4, -0.2) is 0 Å². The van der Waals surface area contributed by atoms with E-state index in [1.807, 2.05) is 0 Å². The SMILES string of the molecule is CCC1(CC)c2ccccc2-c2cc3c(cc21)-c1cc2c(-c4ccc5ccccc5c4)c4ccc(-c5ccccc5)cc4c(-c4ccc5ccccc5c4)c2cc1C3(CC)CC. The highest BCUT2D eigenvalue weighted by Gasteiger charge is 2.46. The van der Waals surface area contributed by atoms with Crippen molar-refractivity contribution in [3.8, 4) is 55.6 Å². The molecule has 0 aromatic heterocycles. The second-order valence-electron chi connectivity index (χ2n) is 18.0. The van der Waals surface area contributed by atoms with Crippen molar-refractivity contribution in [2.45, 2.75) is 64.2 Å². The summed E-state index contributed by atoms with van der Waals surface area (Å²) in [6.45, 7) is 9.64. The van der Waals surface area contributed by atoms with Crippen molar-refractivity contribution in [2.24, 2.45) is 0 Å². The second kappa shape index (κ2) is 13.9. The summed E-state index contributed by atoms with van der Waals surface area (Å²) in [6, 6.07) is 69.8. The zero-order chi connectivity index (χ0) is 41.7. The monoisotopic (exact) mass is 794 g/mol. The molecule has 12 rings (SSSR count). The summed E-state index contributed by atoms with van der Waals surface area (Å²) < 4.78 is 0. The molecule has 0 bridgehead atoms. The van der Waals surface area contributed by atoms with Crippen LogP contribution in [0.5, 0.6) is 0 Å². The van der Waals surface area contributed by atoms with E-state index in [-0.39, 0.29) is 10.8 Å². The average molecular weight is 795 g/mol. The highest BCUT2D eigenvalue weighted by atomic mass is 14.5.